The number of carbonyl (C=O) groups is 1. The summed E-state index contributed by atoms with van der Waals surface area (Å²) in [5.41, 5.74) is 3.66. The van der Waals surface area contributed by atoms with Crippen LogP contribution in [0.25, 0.3) is 0 Å². The number of fused-ring (bicyclic) bond motifs is 1. The number of nitrogens with zero attached hydrogens (tertiary/aromatic N) is 2. The number of hydrogen-bond donors (Lipinski definition) is 1. The monoisotopic (exact) mass is 327 g/mol. The van der Waals surface area contributed by atoms with E-state index in [0.717, 1.165) is 25.8 Å². The molecule has 3 heterocycles. The number of hydrogen-bond acceptors (Lipinski definition) is 4. The fraction of sp³-hybridized carbons (Fsp3) is 0.444. The Morgan fingerprint density at radius 2 is 2.13 bits per heavy atom. The van der Waals surface area contributed by atoms with Crippen molar-refractivity contribution in [1.29, 1.82) is 0 Å². The van der Waals surface area contributed by atoms with Gasteiger partial charge in [0.15, 0.2) is 0 Å². The van der Waals surface area contributed by atoms with Gasteiger partial charge in [-0.1, -0.05) is 36.8 Å². The maximum absolute atomic E-state index is 12.8. The largest absolute Gasteiger partial charge is 0.333 e. The van der Waals surface area contributed by atoms with Crippen LogP contribution in [0.3, 0.4) is 0 Å². The van der Waals surface area contributed by atoms with E-state index in [-0.39, 0.29) is 11.9 Å². The van der Waals surface area contributed by atoms with Gasteiger partial charge in [-0.3, -0.25) is 4.79 Å². The Morgan fingerprint density at radius 1 is 1.26 bits per heavy atom. The van der Waals surface area contributed by atoms with Gasteiger partial charge in [-0.2, -0.15) is 0 Å². The average molecular weight is 327 g/mol. The molecule has 2 saturated heterocycles. The third-order valence-electron chi connectivity index (χ3n) is 5.04. The highest BCUT2D eigenvalue weighted by atomic mass is 32.1. The van der Waals surface area contributed by atoms with E-state index in [1.165, 1.54) is 23.3 Å². The molecule has 4 rings (SSSR count). The summed E-state index contributed by atoms with van der Waals surface area (Å²) >= 11 is 1.49. The zero-order valence-electron chi connectivity index (χ0n) is 13.0. The molecule has 1 aromatic heterocycles. The molecular weight excluding hydrogens is 306 g/mol. The normalized spacial score (nSPS) is 27.5. The Balaban J connectivity index is 1.58. The van der Waals surface area contributed by atoms with Crippen molar-refractivity contribution in [2.24, 2.45) is 0 Å². The van der Waals surface area contributed by atoms with Crippen molar-refractivity contribution in [3.05, 3.63) is 52.5 Å². The number of benzene rings is 1. The quantitative estimate of drug-likeness (QED) is 0.921. The summed E-state index contributed by atoms with van der Waals surface area (Å²) in [5.74, 6) is 0.0960. The number of thiazole rings is 1. The molecule has 0 spiro atoms. The van der Waals surface area contributed by atoms with Crippen LogP contribution in [0.15, 0.2) is 41.2 Å². The summed E-state index contributed by atoms with van der Waals surface area (Å²) < 4.78 is 0. The molecule has 0 saturated carbocycles. The second-order valence-corrected chi connectivity index (χ2v) is 7.13. The van der Waals surface area contributed by atoms with Crippen LogP contribution in [0.4, 0.5) is 0 Å². The molecule has 0 radical (unpaired) electrons. The first-order valence-electron chi connectivity index (χ1n) is 8.33. The summed E-state index contributed by atoms with van der Waals surface area (Å²) in [6.45, 7) is 0.848. The number of amides is 1. The van der Waals surface area contributed by atoms with E-state index < -0.39 is 0 Å². The van der Waals surface area contributed by atoms with Crippen LogP contribution in [-0.4, -0.2) is 34.4 Å². The topological polar surface area (TPSA) is 45.2 Å². The Morgan fingerprint density at radius 3 is 2.91 bits per heavy atom. The predicted octanol–water partition coefficient (Wildman–Crippen LogP) is 3.24. The average Bonchev–Trinajstić information content (AvgIpc) is 3.22. The number of aromatic nitrogens is 1. The van der Waals surface area contributed by atoms with Crippen molar-refractivity contribution in [2.45, 2.75) is 43.8 Å². The lowest BCUT2D eigenvalue weighted by Crippen LogP contribution is -2.45. The highest BCUT2D eigenvalue weighted by molar-refractivity contribution is 7.07. The molecule has 2 fully saturated rings. The third kappa shape index (κ3) is 2.91. The Hall–Kier alpha value is -1.72. The van der Waals surface area contributed by atoms with Gasteiger partial charge in [-0.25, -0.2) is 4.98 Å². The highest BCUT2D eigenvalue weighted by Crippen LogP contribution is 2.34. The van der Waals surface area contributed by atoms with Crippen molar-refractivity contribution in [2.75, 3.05) is 6.54 Å². The fourth-order valence-electron chi connectivity index (χ4n) is 3.91. The van der Waals surface area contributed by atoms with Crippen LogP contribution in [0.2, 0.25) is 0 Å². The molecule has 23 heavy (non-hydrogen) atoms. The van der Waals surface area contributed by atoms with Gasteiger partial charge in [-0.05, 0) is 24.8 Å². The number of likely N-dealkylation sites (tertiary alicyclic amines) is 1. The molecule has 3 atom stereocenters. The second kappa shape index (κ2) is 6.42. The molecule has 1 amide bonds. The fourth-order valence-corrected chi connectivity index (χ4v) is 4.44. The molecule has 1 aromatic carbocycles. The molecule has 2 aliphatic heterocycles. The van der Waals surface area contributed by atoms with E-state index in [4.69, 9.17) is 0 Å². The summed E-state index contributed by atoms with van der Waals surface area (Å²) in [6, 6.07) is 11.6. The van der Waals surface area contributed by atoms with Gasteiger partial charge in [0.2, 0.25) is 0 Å². The minimum Gasteiger partial charge on any atom is -0.333 e. The van der Waals surface area contributed by atoms with Crippen LogP contribution in [0.5, 0.6) is 0 Å². The zero-order valence-corrected chi connectivity index (χ0v) is 13.8. The van der Waals surface area contributed by atoms with Gasteiger partial charge in [0.1, 0.15) is 5.69 Å². The minimum absolute atomic E-state index is 0.0960. The zero-order chi connectivity index (χ0) is 15.6. The van der Waals surface area contributed by atoms with Crippen LogP contribution >= 0.6 is 11.3 Å². The van der Waals surface area contributed by atoms with E-state index in [2.05, 4.69) is 45.5 Å². The van der Waals surface area contributed by atoms with Gasteiger partial charge in [0.25, 0.3) is 5.91 Å². The Kier molecular flexibility index (Phi) is 4.14. The molecule has 4 nitrogen and oxygen atoms in total. The van der Waals surface area contributed by atoms with E-state index in [9.17, 15) is 4.79 Å². The molecule has 1 N–H and O–H groups in total. The maximum Gasteiger partial charge on any atom is 0.273 e. The van der Waals surface area contributed by atoms with E-state index in [1.807, 2.05) is 5.38 Å². The first-order valence-corrected chi connectivity index (χ1v) is 9.27. The lowest BCUT2D eigenvalue weighted by atomic mass is 10.0. The van der Waals surface area contributed by atoms with E-state index in [0.29, 0.717) is 17.8 Å². The number of rotatable bonds is 2. The molecule has 0 aliphatic carbocycles. The van der Waals surface area contributed by atoms with Gasteiger partial charge in [-0.15, -0.1) is 11.3 Å². The highest BCUT2D eigenvalue weighted by Gasteiger charge is 2.41. The van der Waals surface area contributed by atoms with E-state index >= 15 is 0 Å². The van der Waals surface area contributed by atoms with Crippen LogP contribution in [0, 0.1) is 0 Å². The van der Waals surface area contributed by atoms with Crippen molar-refractivity contribution in [3.63, 3.8) is 0 Å². The smallest absolute Gasteiger partial charge is 0.273 e. The molecule has 5 heteroatoms. The van der Waals surface area contributed by atoms with Gasteiger partial charge in [0, 0.05) is 30.1 Å². The predicted molar refractivity (Wildman–Crippen MR) is 91.5 cm³/mol. The molecule has 2 aliphatic rings. The lowest BCUT2D eigenvalue weighted by Gasteiger charge is -2.29. The first-order chi connectivity index (χ1) is 11.3. The molecule has 0 unspecified atom stereocenters. The van der Waals surface area contributed by atoms with Crippen molar-refractivity contribution >= 4 is 17.2 Å². The lowest BCUT2D eigenvalue weighted by molar-refractivity contribution is 0.0672. The van der Waals surface area contributed by atoms with Crippen molar-refractivity contribution in [1.82, 2.24) is 15.2 Å². The second-order valence-electron chi connectivity index (χ2n) is 6.41. The summed E-state index contributed by atoms with van der Waals surface area (Å²) in [6.07, 6.45) is 4.40. The van der Waals surface area contributed by atoms with E-state index in [1.54, 1.807) is 5.51 Å². The Labute approximate surface area is 140 Å². The third-order valence-corrected chi connectivity index (χ3v) is 5.62. The maximum atomic E-state index is 12.8. The standard InChI is InChI=1S/C18H21N3OS/c22-18(16-11-23-12-19-16)21-9-5-4-8-14-17(21)10-15(20-14)13-6-2-1-3-7-13/h1-3,6-7,11-12,14-15,17,20H,4-5,8-10H2/t14-,15-,17+/m0/s1. The first kappa shape index (κ1) is 14.8. The molecular formula is C18H21N3OS. The molecule has 120 valence electrons. The van der Waals surface area contributed by atoms with Gasteiger partial charge < -0.3 is 10.2 Å². The van der Waals surface area contributed by atoms with Gasteiger partial charge >= 0.3 is 0 Å². The minimum atomic E-state index is 0.0960. The molecule has 2 aromatic rings. The number of carbonyl (C=O) groups excluding carboxylic acids is 1. The van der Waals surface area contributed by atoms with Crippen molar-refractivity contribution < 1.29 is 4.79 Å². The van der Waals surface area contributed by atoms with Crippen LogP contribution in [-0.2, 0) is 0 Å². The molecule has 0 bridgehead atoms. The van der Waals surface area contributed by atoms with Crippen molar-refractivity contribution in [3.8, 4) is 0 Å². The van der Waals surface area contributed by atoms with Crippen LogP contribution in [0.1, 0.15) is 47.8 Å². The van der Waals surface area contributed by atoms with Gasteiger partial charge in [0.05, 0.1) is 5.51 Å². The summed E-state index contributed by atoms with van der Waals surface area (Å²) in [4.78, 5) is 19.1. The summed E-state index contributed by atoms with van der Waals surface area (Å²) in [5, 5.41) is 5.63. The summed E-state index contributed by atoms with van der Waals surface area (Å²) in [7, 11) is 0. The van der Waals surface area contributed by atoms with Crippen LogP contribution < -0.4 is 5.32 Å². The Bertz CT molecular complexity index is 658. The SMILES string of the molecule is O=C(c1cscn1)N1CCCC[C@@H]2N[C@H](c3ccccc3)C[C@H]21. The number of nitrogens with one attached hydrogen (secondary N) is 1.